The van der Waals surface area contributed by atoms with E-state index < -0.39 is 0 Å². The summed E-state index contributed by atoms with van der Waals surface area (Å²) in [6, 6.07) is 9.16. The number of hydrogen-bond donors (Lipinski definition) is 2. The van der Waals surface area contributed by atoms with Crippen molar-refractivity contribution in [2.75, 3.05) is 7.11 Å². The smallest absolute Gasteiger partial charge is 0.261 e. The number of para-hydroxylation sites is 1. The second-order valence-electron chi connectivity index (χ2n) is 4.65. The topological polar surface area (TPSA) is 63.2 Å². The van der Waals surface area contributed by atoms with Crippen LogP contribution in [-0.4, -0.2) is 23.1 Å². The number of ether oxygens (including phenoxy) is 1. The largest absolute Gasteiger partial charge is 0.496 e. The van der Waals surface area contributed by atoms with Crippen LogP contribution in [0.1, 0.15) is 21.5 Å². The Kier molecular flexibility index (Phi) is 5.43. The summed E-state index contributed by atoms with van der Waals surface area (Å²) in [7, 11) is 1.54. The maximum atomic E-state index is 12.3. The molecule has 0 unspecified atom stereocenters. The van der Waals surface area contributed by atoms with Crippen LogP contribution >= 0.6 is 12.2 Å². The maximum absolute atomic E-state index is 12.3. The summed E-state index contributed by atoms with van der Waals surface area (Å²) in [6.07, 6.45) is 3.44. The molecule has 0 atom stereocenters. The molecule has 22 heavy (non-hydrogen) atoms. The summed E-state index contributed by atoms with van der Waals surface area (Å²) in [5.74, 6) is 0.249. The van der Waals surface area contributed by atoms with E-state index in [9.17, 15) is 4.79 Å². The summed E-state index contributed by atoms with van der Waals surface area (Å²) in [5, 5.41) is 5.88. The summed E-state index contributed by atoms with van der Waals surface area (Å²) in [4.78, 5) is 16.3. The van der Waals surface area contributed by atoms with Crippen LogP contribution in [0.3, 0.4) is 0 Å². The van der Waals surface area contributed by atoms with E-state index in [1.54, 1.807) is 24.5 Å². The van der Waals surface area contributed by atoms with Crippen molar-refractivity contribution in [3.63, 3.8) is 0 Å². The van der Waals surface area contributed by atoms with Crippen molar-refractivity contribution >= 4 is 23.2 Å². The third kappa shape index (κ3) is 4.02. The number of benzene rings is 1. The van der Waals surface area contributed by atoms with E-state index in [4.69, 9.17) is 17.0 Å². The first kappa shape index (κ1) is 15.9. The molecule has 1 amide bonds. The molecule has 0 fully saturated rings. The van der Waals surface area contributed by atoms with Gasteiger partial charge in [0.2, 0.25) is 0 Å². The van der Waals surface area contributed by atoms with Gasteiger partial charge < -0.3 is 10.1 Å². The zero-order chi connectivity index (χ0) is 15.9. The van der Waals surface area contributed by atoms with Gasteiger partial charge in [-0.1, -0.05) is 18.2 Å². The molecule has 0 saturated carbocycles. The van der Waals surface area contributed by atoms with Crippen molar-refractivity contribution in [2.45, 2.75) is 13.5 Å². The van der Waals surface area contributed by atoms with Crippen LogP contribution in [0.15, 0.2) is 42.7 Å². The van der Waals surface area contributed by atoms with E-state index in [2.05, 4.69) is 15.6 Å². The molecule has 6 heteroatoms. The van der Waals surface area contributed by atoms with Crippen LogP contribution in [0.4, 0.5) is 0 Å². The van der Waals surface area contributed by atoms with Crippen LogP contribution in [-0.2, 0) is 6.54 Å². The molecule has 0 bridgehead atoms. The number of amides is 1. The number of thiocarbonyl (C=S) groups is 1. The molecule has 0 saturated heterocycles. The molecule has 0 spiro atoms. The maximum Gasteiger partial charge on any atom is 0.261 e. The molecule has 2 N–H and O–H groups in total. The van der Waals surface area contributed by atoms with Gasteiger partial charge in [0.1, 0.15) is 5.75 Å². The molecule has 0 aliphatic carbocycles. The van der Waals surface area contributed by atoms with Crippen molar-refractivity contribution in [3.8, 4) is 5.75 Å². The Morgan fingerprint density at radius 1 is 1.32 bits per heavy atom. The first-order chi connectivity index (χ1) is 10.6. The zero-order valence-electron chi connectivity index (χ0n) is 12.4. The van der Waals surface area contributed by atoms with Crippen molar-refractivity contribution < 1.29 is 9.53 Å². The highest BCUT2D eigenvalue weighted by Gasteiger charge is 2.14. The third-order valence-electron chi connectivity index (χ3n) is 3.06. The van der Waals surface area contributed by atoms with Gasteiger partial charge in [-0.15, -0.1) is 0 Å². The molecule has 2 aromatic rings. The van der Waals surface area contributed by atoms with E-state index in [-0.39, 0.29) is 11.0 Å². The molecule has 0 radical (unpaired) electrons. The molecule has 114 valence electrons. The lowest BCUT2D eigenvalue weighted by atomic mass is 10.1. The van der Waals surface area contributed by atoms with Gasteiger partial charge in [0.05, 0.1) is 12.7 Å². The fourth-order valence-electron chi connectivity index (χ4n) is 2.00. The third-order valence-corrected chi connectivity index (χ3v) is 3.31. The average molecular weight is 315 g/mol. The first-order valence-electron chi connectivity index (χ1n) is 6.73. The number of aromatic nitrogens is 1. The summed E-state index contributed by atoms with van der Waals surface area (Å²) < 4.78 is 5.28. The van der Waals surface area contributed by atoms with Gasteiger partial charge in [0, 0.05) is 18.9 Å². The Morgan fingerprint density at radius 3 is 2.82 bits per heavy atom. The highest BCUT2D eigenvalue weighted by molar-refractivity contribution is 7.80. The lowest BCUT2D eigenvalue weighted by Gasteiger charge is -2.13. The number of hydrogen-bond acceptors (Lipinski definition) is 4. The molecular weight excluding hydrogens is 298 g/mol. The molecule has 5 nitrogen and oxygen atoms in total. The average Bonchev–Trinajstić information content (AvgIpc) is 2.53. The minimum absolute atomic E-state index is 0.261. The molecule has 1 heterocycles. The van der Waals surface area contributed by atoms with Gasteiger partial charge in [-0.3, -0.25) is 15.1 Å². The standard InChI is InChI=1S/C16H17N3O2S/c1-11-5-3-7-13(14(11)21-2)15(20)19-16(22)18-10-12-6-4-8-17-9-12/h3-9H,10H2,1-2H3,(H2,18,19,20,22). The summed E-state index contributed by atoms with van der Waals surface area (Å²) >= 11 is 5.14. The highest BCUT2D eigenvalue weighted by atomic mass is 32.1. The fourth-order valence-corrected chi connectivity index (χ4v) is 2.17. The minimum atomic E-state index is -0.302. The predicted molar refractivity (Wildman–Crippen MR) is 88.9 cm³/mol. The van der Waals surface area contributed by atoms with Crippen molar-refractivity contribution in [1.29, 1.82) is 0 Å². The Labute approximate surface area is 134 Å². The number of pyridine rings is 1. The first-order valence-corrected chi connectivity index (χ1v) is 7.14. The van der Waals surface area contributed by atoms with Gasteiger partial charge in [-0.25, -0.2) is 0 Å². The monoisotopic (exact) mass is 315 g/mol. The molecule has 0 aliphatic heterocycles. The lowest BCUT2D eigenvalue weighted by molar-refractivity contribution is 0.0973. The highest BCUT2D eigenvalue weighted by Crippen LogP contribution is 2.22. The Hall–Kier alpha value is -2.47. The number of rotatable bonds is 4. The Balaban J connectivity index is 1.97. The van der Waals surface area contributed by atoms with E-state index in [1.165, 1.54) is 7.11 Å². The lowest BCUT2D eigenvalue weighted by Crippen LogP contribution is -2.39. The van der Waals surface area contributed by atoms with Gasteiger partial charge in [0.25, 0.3) is 5.91 Å². The number of nitrogens with one attached hydrogen (secondary N) is 2. The molecule has 0 aliphatic rings. The summed E-state index contributed by atoms with van der Waals surface area (Å²) in [6.45, 7) is 2.38. The predicted octanol–water partition coefficient (Wildman–Crippen LogP) is 2.20. The van der Waals surface area contributed by atoms with E-state index in [0.29, 0.717) is 17.9 Å². The molecule has 1 aromatic heterocycles. The quantitative estimate of drug-likeness (QED) is 0.847. The minimum Gasteiger partial charge on any atom is -0.496 e. The Morgan fingerprint density at radius 2 is 2.14 bits per heavy atom. The SMILES string of the molecule is COc1c(C)cccc1C(=O)NC(=S)NCc1cccnc1. The number of aryl methyl sites for hydroxylation is 1. The number of carbonyl (C=O) groups excluding carboxylic acids is 1. The van der Waals surface area contributed by atoms with Crippen LogP contribution in [0, 0.1) is 6.92 Å². The van der Waals surface area contributed by atoms with Crippen molar-refractivity contribution in [3.05, 3.63) is 59.4 Å². The second kappa shape index (κ2) is 7.51. The molecule has 1 aromatic carbocycles. The number of methoxy groups -OCH3 is 1. The van der Waals surface area contributed by atoms with Gasteiger partial charge in [0.15, 0.2) is 5.11 Å². The normalized spacial score (nSPS) is 9.91. The van der Waals surface area contributed by atoms with Crippen LogP contribution in [0.5, 0.6) is 5.75 Å². The number of nitrogens with zero attached hydrogens (tertiary/aromatic N) is 1. The molecule has 2 rings (SSSR count). The van der Waals surface area contributed by atoms with Crippen LogP contribution in [0.25, 0.3) is 0 Å². The van der Waals surface area contributed by atoms with Crippen LogP contribution in [0.2, 0.25) is 0 Å². The van der Waals surface area contributed by atoms with Crippen LogP contribution < -0.4 is 15.4 Å². The fraction of sp³-hybridized carbons (Fsp3) is 0.188. The zero-order valence-corrected chi connectivity index (χ0v) is 13.2. The second-order valence-corrected chi connectivity index (χ2v) is 5.06. The van der Waals surface area contributed by atoms with E-state index in [1.807, 2.05) is 25.1 Å². The molecular formula is C16H17N3O2S. The number of carbonyl (C=O) groups is 1. The Bertz CT molecular complexity index is 674. The van der Waals surface area contributed by atoms with E-state index in [0.717, 1.165) is 11.1 Å². The van der Waals surface area contributed by atoms with Crippen molar-refractivity contribution in [1.82, 2.24) is 15.6 Å². The van der Waals surface area contributed by atoms with Crippen molar-refractivity contribution in [2.24, 2.45) is 0 Å². The van der Waals surface area contributed by atoms with Gasteiger partial charge >= 0.3 is 0 Å². The van der Waals surface area contributed by atoms with Gasteiger partial charge in [-0.2, -0.15) is 0 Å². The summed E-state index contributed by atoms with van der Waals surface area (Å²) in [5.41, 5.74) is 2.32. The van der Waals surface area contributed by atoms with Gasteiger partial charge in [-0.05, 0) is 42.4 Å². The van der Waals surface area contributed by atoms with E-state index >= 15 is 0 Å².